The summed E-state index contributed by atoms with van der Waals surface area (Å²) in [5.41, 5.74) is 0.904. The van der Waals surface area contributed by atoms with E-state index in [9.17, 15) is 17.6 Å². The van der Waals surface area contributed by atoms with E-state index < -0.39 is 28.8 Å². The number of hydrogen-bond acceptors (Lipinski definition) is 2. The van der Waals surface area contributed by atoms with Crippen LogP contribution in [-0.4, -0.2) is 0 Å². The fraction of sp³-hybridized carbons (Fsp3) is 0.192. The highest BCUT2D eigenvalue weighted by Crippen LogP contribution is 2.21. The van der Waals surface area contributed by atoms with Crippen molar-refractivity contribution < 1.29 is 22.3 Å². The summed E-state index contributed by atoms with van der Waals surface area (Å²) in [5, 5.41) is 8.69. The Bertz CT molecular complexity index is 1170. The third kappa shape index (κ3) is 5.68. The monoisotopic (exact) mass is 437 g/mol. The van der Waals surface area contributed by atoms with E-state index in [1.165, 1.54) is 18.2 Å². The minimum atomic E-state index is -0.994. The van der Waals surface area contributed by atoms with E-state index in [2.05, 4.69) is 11.8 Å². The van der Waals surface area contributed by atoms with Crippen LogP contribution in [0.25, 0.3) is 0 Å². The maximum atomic E-state index is 14.2. The van der Waals surface area contributed by atoms with Crippen LogP contribution in [0.1, 0.15) is 47.6 Å². The van der Waals surface area contributed by atoms with Gasteiger partial charge in [-0.1, -0.05) is 37.3 Å². The lowest BCUT2D eigenvalue weighted by Crippen LogP contribution is -1.98. The van der Waals surface area contributed by atoms with Crippen molar-refractivity contribution >= 4 is 0 Å². The van der Waals surface area contributed by atoms with Gasteiger partial charge in [-0.25, -0.2) is 17.6 Å². The first-order valence-electron chi connectivity index (χ1n) is 10.0. The summed E-state index contributed by atoms with van der Waals surface area (Å²) in [5.74, 6) is 1.87. The molecule has 162 valence electrons. The van der Waals surface area contributed by atoms with Gasteiger partial charge in [0.2, 0.25) is 0 Å². The smallest absolute Gasteiger partial charge is 0.147 e. The molecule has 0 aliphatic carbocycles. The van der Waals surface area contributed by atoms with E-state index in [-0.39, 0.29) is 17.9 Å². The second-order valence-electron chi connectivity index (χ2n) is 7.15. The van der Waals surface area contributed by atoms with Gasteiger partial charge in [-0.3, -0.25) is 0 Å². The fourth-order valence-corrected chi connectivity index (χ4v) is 3.00. The van der Waals surface area contributed by atoms with Crippen molar-refractivity contribution in [1.29, 1.82) is 5.26 Å². The number of ether oxygens (including phenoxy) is 1. The molecule has 0 heterocycles. The van der Waals surface area contributed by atoms with Crippen molar-refractivity contribution in [3.05, 3.63) is 99.6 Å². The predicted molar refractivity (Wildman–Crippen MR) is 113 cm³/mol. The Morgan fingerprint density at radius 1 is 0.781 bits per heavy atom. The Kier molecular flexibility index (Phi) is 7.52. The maximum Gasteiger partial charge on any atom is 0.147 e. The minimum Gasteiger partial charge on any atom is -0.489 e. The second-order valence-corrected chi connectivity index (χ2v) is 7.15. The molecule has 0 aromatic heterocycles. The number of benzene rings is 3. The van der Waals surface area contributed by atoms with Gasteiger partial charge in [0.05, 0.1) is 5.56 Å². The minimum absolute atomic E-state index is 0.0287. The van der Waals surface area contributed by atoms with E-state index >= 15 is 0 Å². The summed E-state index contributed by atoms with van der Waals surface area (Å²) < 4.78 is 61.1. The zero-order valence-corrected chi connectivity index (χ0v) is 17.3. The number of nitrogens with zero attached hydrogens (tertiary/aromatic N) is 1. The molecular formula is C26H19F4NO. The van der Waals surface area contributed by atoms with Gasteiger partial charge in [-0.05, 0) is 48.2 Å². The largest absolute Gasteiger partial charge is 0.489 e. The molecule has 3 aromatic rings. The first-order valence-corrected chi connectivity index (χ1v) is 10.0. The molecular weight excluding hydrogens is 418 g/mol. The van der Waals surface area contributed by atoms with E-state index in [1.807, 2.05) is 6.92 Å². The van der Waals surface area contributed by atoms with Crippen LogP contribution in [0, 0.1) is 46.4 Å². The summed E-state index contributed by atoms with van der Waals surface area (Å²) in [6, 6.07) is 12.6. The number of rotatable bonds is 6. The SMILES string of the molecule is CCCCc1cc(F)c(C#Cc2ccc(COc3cc(F)c(C#N)c(F)c3)cc2)c(F)c1. The van der Waals surface area contributed by atoms with Crippen molar-refractivity contribution in [3.63, 3.8) is 0 Å². The zero-order valence-electron chi connectivity index (χ0n) is 17.3. The molecule has 0 amide bonds. The molecule has 0 spiro atoms. The fourth-order valence-electron chi connectivity index (χ4n) is 3.00. The average Bonchev–Trinajstić information content (AvgIpc) is 2.76. The Balaban J connectivity index is 1.68. The van der Waals surface area contributed by atoms with Crippen molar-refractivity contribution in [3.8, 4) is 23.7 Å². The summed E-state index contributed by atoms with van der Waals surface area (Å²) in [6.45, 7) is 2.04. The maximum absolute atomic E-state index is 14.2. The molecule has 0 atom stereocenters. The van der Waals surface area contributed by atoms with Gasteiger partial charge in [-0.15, -0.1) is 0 Å². The highest BCUT2D eigenvalue weighted by molar-refractivity contribution is 5.45. The number of aryl methyl sites for hydroxylation is 1. The van der Waals surface area contributed by atoms with Crippen LogP contribution in [-0.2, 0) is 13.0 Å². The van der Waals surface area contributed by atoms with Crippen LogP contribution in [0.2, 0.25) is 0 Å². The first-order chi connectivity index (χ1) is 15.4. The van der Waals surface area contributed by atoms with Crippen LogP contribution in [0.15, 0.2) is 48.5 Å². The molecule has 0 saturated heterocycles. The molecule has 0 N–H and O–H groups in total. The number of nitriles is 1. The van der Waals surface area contributed by atoms with Gasteiger partial charge < -0.3 is 4.74 Å². The third-order valence-corrected chi connectivity index (χ3v) is 4.74. The second kappa shape index (κ2) is 10.5. The lowest BCUT2D eigenvalue weighted by molar-refractivity contribution is 0.302. The molecule has 0 unspecified atom stereocenters. The van der Waals surface area contributed by atoms with Crippen LogP contribution in [0.3, 0.4) is 0 Å². The van der Waals surface area contributed by atoms with Crippen LogP contribution >= 0.6 is 0 Å². The standard InChI is InChI=1S/C26H19F4NO/c1-2-3-4-19-11-23(27)21(24(28)12-19)10-9-17-5-7-18(8-6-17)16-32-20-13-25(29)22(15-31)26(30)14-20/h5-8,11-14H,2-4,16H2,1H3. The van der Waals surface area contributed by atoms with Gasteiger partial charge in [0.15, 0.2) is 0 Å². The van der Waals surface area contributed by atoms with Gasteiger partial charge in [0.25, 0.3) is 0 Å². The van der Waals surface area contributed by atoms with Crippen molar-refractivity contribution in [2.45, 2.75) is 32.8 Å². The third-order valence-electron chi connectivity index (χ3n) is 4.74. The molecule has 0 radical (unpaired) electrons. The van der Waals surface area contributed by atoms with E-state index in [0.717, 1.165) is 25.0 Å². The predicted octanol–water partition coefficient (Wildman–Crippen LogP) is 6.44. The van der Waals surface area contributed by atoms with E-state index in [0.29, 0.717) is 23.1 Å². The molecule has 32 heavy (non-hydrogen) atoms. The average molecular weight is 437 g/mol. The molecule has 6 heteroatoms. The summed E-state index contributed by atoms with van der Waals surface area (Å²) >= 11 is 0. The first kappa shape index (κ1) is 22.9. The van der Waals surface area contributed by atoms with Crippen LogP contribution in [0.5, 0.6) is 5.75 Å². The van der Waals surface area contributed by atoms with Gasteiger partial charge >= 0.3 is 0 Å². The summed E-state index contributed by atoms with van der Waals surface area (Å²) in [6.07, 6.45) is 2.41. The molecule has 3 aromatic carbocycles. The van der Waals surface area contributed by atoms with Crippen LogP contribution < -0.4 is 4.74 Å². The molecule has 2 nitrogen and oxygen atoms in total. The van der Waals surface area contributed by atoms with Gasteiger partial charge in [-0.2, -0.15) is 5.26 Å². The topological polar surface area (TPSA) is 33.0 Å². The number of halogens is 4. The lowest BCUT2D eigenvalue weighted by Gasteiger charge is -2.07. The van der Waals surface area contributed by atoms with E-state index in [1.54, 1.807) is 24.3 Å². The van der Waals surface area contributed by atoms with Gasteiger partial charge in [0.1, 0.15) is 47.3 Å². The Labute approximate surface area is 184 Å². The molecule has 0 fully saturated rings. The zero-order chi connectivity index (χ0) is 23.1. The lowest BCUT2D eigenvalue weighted by atomic mass is 10.0. The molecule has 0 saturated carbocycles. The van der Waals surface area contributed by atoms with Crippen molar-refractivity contribution in [1.82, 2.24) is 0 Å². The van der Waals surface area contributed by atoms with Crippen molar-refractivity contribution in [2.75, 3.05) is 0 Å². The van der Waals surface area contributed by atoms with E-state index in [4.69, 9.17) is 10.00 Å². The Hall–Kier alpha value is -3.77. The Morgan fingerprint density at radius 3 is 1.94 bits per heavy atom. The molecule has 0 bridgehead atoms. The Morgan fingerprint density at radius 2 is 1.38 bits per heavy atom. The highest BCUT2D eigenvalue weighted by Gasteiger charge is 2.12. The quantitative estimate of drug-likeness (QED) is 0.329. The molecule has 0 aliphatic heterocycles. The summed E-state index contributed by atoms with van der Waals surface area (Å²) in [7, 11) is 0. The number of hydrogen-bond donors (Lipinski definition) is 0. The normalized spacial score (nSPS) is 10.2. The molecule has 3 rings (SSSR count). The molecule has 0 aliphatic rings. The highest BCUT2D eigenvalue weighted by atomic mass is 19.1. The number of unbranched alkanes of at least 4 members (excludes halogenated alkanes) is 1. The van der Waals surface area contributed by atoms with Gasteiger partial charge in [0, 0.05) is 17.7 Å². The van der Waals surface area contributed by atoms with Crippen molar-refractivity contribution in [2.24, 2.45) is 0 Å². The van der Waals surface area contributed by atoms with Crippen LogP contribution in [0.4, 0.5) is 17.6 Å². The summed E-state index contributed by atoms with van der Waals surface area (Å²) in [4.78, 5) is 0.